The Labute approximate surface area is 255 Å². The predicted molar refractivity (Wildman–Crippen MR) is 160 cm³/mol. The third-order valence-electron chi connectivity index (χ3n) is 7.09. The Kier molecular flexibility index (Phi) is 8.18. The first-order valence-electron chi connectivity index (χ1n) is 13.3. The van der Waals surface area contributed by atoms with Crippen LogP contribution in [0.2, 0.25) is 0 Å². The van der Waals surface area contributed by atoms with Gasteiger partial charge in [0, 0.05) is 29.7 Å². The Morgan fingerprint density at radius 1 is 0.978 bits per heavy atom. The number of nitrogens with zero attached hydrogens (tertiary/aromatic N) is 4. The standard InChI is InChI=1S/C32H24F3N5O4S/c1-20-27(29-14-15-38-40(29)24-10-6-21(18-36)7-11-24)17-28(30(41)37-19-22-8-12-26(13-9-22)45(2,43)44)31(42)39(20)25-5-3-4-23(16-25)32(33,34)35/h3-17H,19H2,1-2H3,(H,37,41). The van der Waals surface area contributed by atoms with Crippen molar-refractivity contribution in [3.05, 3.63) is 129 Å². The maximum absolute atomic E-state index is 13.8. The van der Waals surface area contributed by atoms with Gasteiger partial charge in [0.1, 0.15) is 5.56 Å². The highest BCUT2D eigenvalue weighted by atomic mass is 32.2. The molecule has 2 heterocycles. The van der Waals surface area contributed by atoms with Crippen LogP contribution in [0.4, 0.5) is 13.2 Å². The quantitative estimate of drug-likeness (QED) is 0.262. The number of carbonyl (C=O) groups excluding carboxylic acids is 1. The molecule has 5 rings (SSSR count). The largest absolute Gasteiger partial charge is 0.416 e. The van der Waals surface area contributed by atoms with Gasteiger partial charge in [-0.3, -0.25) is 14.2 Å². The number of hydrogen-bond acceptors (Lipinski definition) is 6. The van der Waals surface area contributed by atoms with Crippen LogP contribution in [0.1, 0.15) is 32.7 Å². The highest BCUT2D eigenvalue weighted by Gasteiger charge is 2.31. The molecule has 2 aromatic heterocycles. The van der Waals surface area contributed by atoms with Gasteiger partial charge in [0.05, 0.1) is 39.7 Å². The molecule has 1 amide bonds. The number of pyridine rings is 1. The van der Waals surface area contributed by atoms with Crippen LogP contribution in [-0.2, 0) is 22.6 Å². The molecule has 3 aromatic carbocycles. The van der Waals surface area contributed by atoms with Crippen molar-refractivity contribution in [3.63, 3.8) is 0 Å². The van der Waals surface area contributed by atoms with Crippen LogP contribution in [-0.4, -0.2) is 34.9 Å². The van der Waals surface area contributed by atoms with Gasteiger partial charge in [-0.25, -0.2) is 13.1 Å². The SMILES string of the molecule is Cc1c(-c2ccnn2-c2ccc(C#N)cc2)cc(C(=O)NCc2ccc(S(C)(=O)=O)cc2)c(=O)n1-c1cccc(C(F)(F)F)c1. The second-order valence-corrected chi connectivity index (χ2v) is 12.1. The molecule has 0 bridgehead atoms. The molecule has 0 unspecified atom stereocenters. The molecule has 0 aliphatic rings. The maximum Gasteiger partial charge on any atom is 0.416 e. The fourth-order valence-corrected chi connectivity index (χ4v) is 5.41. The van der Waals surface area contributed by atoms with E-state index >= 15 is 0 Å². The lowest BCUT2D eigenvalue weighted by molar-refractivity contribution is -0.137. The van der Waals surface area contributed by atoms with Crippen molar-refractivity contribution in [2.75, 3.05) is 6.26 Å². The van der Waals surface area contributed by atoms with Gasteiger partial charge in [-0.15, -0.1) is 0 Å². The molecule has 5 aromatic rings. The van der Waals surface area contributed by atoms with Gasteiger partial charge in [0.15, 0.2) is 9.84 Å². The summed E-state index contributed by atoms with van der Waals surface area (Å²) >= 11 is 0. The number of amides is 1. The van der Waals surface area contributed by atoms with Crippen LogP contribution < -0.4 is 10.9 Å². The summed E-state index contributed by atoms with van der Waals surface area (Å²) in [7, 11) is -3.42. The molecule has 0 spiro atoms. The monoisotopic (exact) mass is 631 g/mol. The van der Waals surface area contributed by atoms with Gasteiger partial charge in [0.2, 0.25) is 0 Å². The molecule has 0 aliphatic heterocycles. The normalized spacial score (nSPS) is 11.6. The molecule has 228 valence electrons. The van der Waals surface area contributed by atoms with Gasteiger partial charge in [-0.1, -0.05) is 18.2 Å². The topological polar surface area (TPSA) is 127 Å². The maximum atomic E-state index is 13.8. The van der Waals surface area contributed by atoms with Crippen LogP contribution in [0.25, 0.3) is 22.6 Å². The van der Waals surface area contributed by atoms with Crippen LogP contribution >= 0.6 is 0 Å². The Bertz CT molecular complexity index is 2130. The van der Waals surface area contributed by atoms with E-state index in [-0.39, 0.29) is 28.4 Å². The highest BCUT2D eigenvalue weighted by Crippen LogP contribution is 2.32. The van der Waals surface area contributed by atoms with Crippen molar-refractivity contribution < 1.29 is 26.4 Å². The minimum Gasteiger partial charge on any atom is -0.348 e. The third-order valence-corrected chi connectivity index (χ3v) is 8.22. The Morgan fingerprint density at radius 2 is 1.67 bits per heavy atom. The number of halogens is 3. The smallest absolute Gasteiger partial charge is 0.348 e. The van der Waals surface area contributed by atoms with E-state index in [4.69, 9.17) is 5.26 Å². The number of rotatable bonds is 7. The summed E-state index contributed by atoms with van der Waals surface area (Å²) in [5.41, 5.74) is 0.327. The zero-order valence-electron chi connectivity index (χ0n) is 23.8. The Balaban J connectivity index is 1.63. The number of nitrogens with one attached hydrogen (secondary N) is 1. The van der Waals surface area contributed by atoms with E-state index in [2.05, 4.69) is 10.4 Å². The molecule has 0 atom stereocenters. The molecular formula is C32H24F3N5O4S. The van der Waals surface area contributed by atoms with E-state index < -0.39 is 33.0 Å². The molecule has 13 heteroatoms. The third kappa shape index (κ3) is 6.41. The van der Waals surface area contributed by atoms with E-state index in [1.54, 1.807) is 37.3 Å². The summed E-state index contributed by atoms with van der Waals surface area (Å²) in [5.74, 6) is -0.793. The molecule has 1 N–H and O–H groups in total. The van der Waals surface area contributed by atoms with E-state index in [1.807, 2.05) is 6.07 Å². The van der Waals surface area contributed by atoms with Crippen LogP contribution in [0.15, 0.2) is 101 Å². The van der Waals surface area contributed by atoms with Crippen molar-refractivity contribution in [2.24, 2.45) is 0 Å². The van der Waals surface area contributed by atoms with E-state index in [9.17, 15) is 31.2 Å². The van der Waals surface area contributed by atoms with Crippen molar-refractivity contribution in [1.82, 2.24) is 19.7 Å². The van der Waals surface area contributed by atoms with E-state index in [0.29, 0.717) is 28.1 Å². The fraction of sp³-hybridized carbons (Fsp3) is 0.125. The second-order valence-electron chi connectivity index (χ2n) is 10.1. The van der Waals surface area contributed by atoms with Gasteiger partial charge in [-0.05, 0) is 79.2 Å². The first-order chi connectivity index (χ1) is 21.3. The molecule has 45 heavy (non-hydrogen) atoms. The molecule has 0 fully saturated rings. The molecule has 0 saturated carbocycles. The number of carbonyl (C=O) groups is 1. The number of aromatic nitrogens is 3. The average molecular weight is 632 g/mol. The Hall–Kier alpha value is -5.48. The number of alkyl halides is 3. The average Bonchev–Trinajstić information content (AvgIpc) is 3.49. The van der Waals surface area contributed by atoms with Crippen LogP contribution in [0.5, 0.6) is 0 Å². The van der Waals surface area contributed by atoms with E-state index in [1.165, 1.54) is 53.3 Å². The minimum absolute atomic E-state index is 0.0573. The van der Waals surface area contributed by atoms with Crippen molar-refractivity contribution in [1.29, 1.82) is 5.26 Å². The number of sulfone groups is 1. The van der Waals surface area contributed by atoms with E-state index in [0.717, 1.165) is 23.0 Å². The molecular weight excluding hydrogens is 607 g/mol. The number of nitriles is 1. The lowest BCUT2D eigenvalue weighted by Crippen LogP contribution is -2.33. The van der Waals surface area contributed by atoms with Gasteiger partial charge >= 0.3 is 6.18 Å². The fourth-order valence-electron chi connectivity index (χ4n) is 4.78. The lowest BCUT2D eigenvalue weighted by atomic mass is 10.0. The highest BCUT2D eigenvalue weighted by molar-refractivity contribution is 7.90. The van der Waals surface area contributed by atoms with Gasteiger partial charge < -0.3 is 5.32 Å². The zero-order chi connectivity index (χ0) is 32.5. The van der Waals surface area contributed by atoms with Crippen LogP contribution in [0.3, 0.4) is 0 Å². The zero-order valence-corrected chi connectivity index (χ0v) is 24.6. The van der Waals surface area contributed by atoms with Crippen molar-refractivity contribution >= 4 is 15.7 Å². The molecule has 9 nitrogen and oxygen atoms in total. The predicted octanol–water partition coefficient (Wildman–Crippen LogP) is 5.22. The minimum atomic E-state index is -4.67. The van der Waals surface area contributed by atoms with Crippen molar-refractivity contribution in [3.8, 4) is 28.7 Å². The number of hydrogen-bond donors (Lipinski definition) is 1. The second kappa shape index (κ2) is 11.9. The van der Waals surface area contributed by atoms with Crippen molar-refractivity contribution in [2.45, 2.75) is 24.5 Å². The summed E-state index contributed by atoms with van der Waals surface area (Å²) < 4.78 is 67.0. The van der Waals surface area contributed by atoms with Gasteiger partial charge in [0.25, 0.3) is 11.5 Å². The van der Waals surface area contributed by atoms with Gasteiger partial charge in [-0.2, -0.15) is 23.5 Å². The Morgan fingerprint density at radius 3 is 2.29 bits per heavy atom. The molecule has 0 aliphatic carbocycles. The number of benzene rings is 3. The summed E-state index contributed by atoms with van der Waals surface area (Å²) in [6, 6.07) is 21.6. The summed E-state index contributed by atoms with van der Waals surface area (Å²) in [6.07, 6.45) is -2.11. The molecule has 0 radical (unpaired) electrons. The lowest BCUT2D eigenvalue weighted by Gasteiger charge is -2.19. The molecule has 0 saturated heterocycles. The summed E-state index contributed by atoms with van der Waals surface area (Å²) in [5, 5.41) is 16.2. The van der Waals surface area contributed by atoms with Crippen LogP contribution in [0, 0.1) is 18.3 Å². The first kappa shape index (κ1) is 31.0. The first-order valence-corrected chi connectivity index (χ1v) is 15.2. The summed E-state index contributed by atoms with van der Waals surface area (Å²) in [4.78, 5) is 27.4. The summed E-state index contributed by atoms with van der Waals surface area (Å²) in [6.45, 7) is 1.50.